The molecule has 112 valence electrons. The number of pyridine rings is 1. The minimum atomic E-state index is 0.142. The van der Waals surface area contributed by atoms with Crippen LogP contribution in [0.3, 0.4) is 0 Å². The van der Waals surface area contributed by atoms with Crippen molar-refractivity contribution in [2.75, 3.05) is 11.4 Å². The number of anilines is 1. The predicted octanol–water partition coefficient (Wildman–Crippen LogP) is 3.59. The number of aromatic nitrogens is 1. The molecule has 0 spiro atoms. The van der Waals surface area contributed by atoms with Crippen molar-refractivity contribution in [3.63, 3.8) is 0 Å². The second-order valence-electron chi connectivity index (χ2n) is 7.39. The molecule has 0 aliphatic heterocycles. The van der Waals surface area contributed by atoms with Crippen LogP contribution in [0.4, 0.5) is 5.69 Å². The summed E-state index contributed by atoms with van der Waals surface area (Å²) in [5.74, 6) is 0.680. The van der Waals surface area contributed by atoms with Crippen molar-refractivity contribution in [1.82, 2.24) is 10.3 Å². The van der Waals surface area contributed by atoms with Crippen LogP contribution in [-0.4, -0.2) is 23.1 Å². The van der Waals surface area contributed by atoms with Crippen LogP contribution in [-0.2, 0) is 6.54 Å². The number of rotatable bonds is 6. The normalized spacial score (nSPS) is 15.7. The third-order valence-electron chi connectivity index (χ3n) is 3.56. The molecule has 3 heteroatoms. The van der Waals surface area contributed by atoms with Gasteiger partial charge >= 0.3 is 0 Å². The Hall–Kier alpha value is -1.09. The Labute approximate surface area is 123 Å². The van der Waals surface area contributed by atoms with E-state index in [1.807, 2.05) is 12.4 Å². The lowest BCUT2D eigenvalue weighted by Gasteiger charge is -2.29. The summed E-state index contributed by atoms with van der Waals surface area (Å²) in [7, 11) is 0. The standard InChI is InChI=1S/C17H29N3/c1-13(2)12-20(15-6-7-15)16-11-18-9-8-14(16)10-19-17(3,4)5/h8-9,11,13,15,19H,6-7,10,12H2,1-5H3. The highest BCUT2D eigenvalue weighted by atomic mass is 15.2. The summed E-state index contributed by atoms with van der Waals surface area (Å²) in [4.78, 5) is 6.93. The van der Waals surface area contributed by atoms with Gasteiger partial charge in [-0.05, 0) is 51.2 Å². The molecule has 0 amide bonds. The van der Waals surface area contributed by atoms with Crippen molar-refractivity contribution in [3.8, 4) is 0 Å². The molecule has 1 heterocycles. The van der Waals surface area contributed by atoms with Gasteiger partial charge in [0.25, 0.3) is 0 Å². The molecule has 0 aromatic carbocycles. The SMILES string of the molecule is CC(C)CN(c1cnccc1CNC(C)(C)C)C1CC1. The van der Waals surface area contributed by atoms with Crippen molar-refractivity contribution in [2.45, 2.75) is 65.6 Å². The fourth-order valence-electron chi connectivity index (χ4n) is 2.41. The maximum atomic E-state index is 4.36. The number of nitrogens with zero attached hydrogens (tertiary/aromatic N) is 2. The largest absolute Gasteiger partial charge is 0.367 e. The van der Waals surface area contributed by atoms with Crippen LogP contribution in [0.25, 0.3) is 0 Å². The molecule has 0 atom stereocenters. The van der Waals surface area contributed by atoms with E-state index >= 15 is 0 Å². The second kappa shape index (κ2) is 6.13. The summed E-state index contributed by atoms with van der Waals surface area (Å²) in [6.45, 7) is 13.2. The third kappa shape index (κ3) is 4.48. The minimum Gasteiger partial charge on any atom is -0.367 e. The van der Waals surface area contributed by atoms with E-state index in [4.69, 9.17) is 0 Å². The van der Waals surface area contributed by atoms with Crippen LogP contribution in [0.1, 0.15) is 53.0 Å². The molecule has 1 fully saturated rings. The predicted molar refractivity (Wildman–Crippen MR) is 86.0 cm³/mol. The number of hydrogen-bond acceptors (Lipinski definition) is 3. The van der Waals surface area contributed by atoms with Crippen molar-refractivity contribution in [2.24, 2.45) is 5.92 Å². The lowest BCUT2D eigenvalue weighted by molar-refractivity contribution is 0.424. The van der Waals surface area contributed by atoms with Gasteiger partial charge in [-0.3, -0.25) is 4.98 Å². The highest BCUT2D eigenvalue weighted by molar-refractivity contribution is 5.53. The van der Waals surface area contributed by atoms with E-state index < -0.39 is 0 Å². The van der Waals surface area contributed by atoms with E-state index in [0.717, 1.165) is 19.1 Å². The highest BCUT2D eigenvalue weighted by Gasteiger charge is 2.30. The van der Waals surface area contributed by atoms with E-state index in [-0.39, 0.29) is 5.54 Å². The number of nitrogens with one attached hydrogen (secondary N) is 1. The van der Waals surface area contributed by atoms with Crippen LogP contribution < -0.4 is 10.2 Å². The molecule has 2 rings (SSSR count). The van der Waals surface area contributed by atoms with Crippen molar-refractivity contribution < 1.29 is 0 Å². The molecular weight excluding hydrogens is 246 g/mol. The molecule has 1 aromatic rings. The lowest BCUT2D eigenvalue weighted by Crippen LogP contribution is -2.36. The molecule has 1 aliphatic carbocycles. The Balaban J connectivity index is 2.16. The number of hydrogen-bond donors (Lipinski definition) is 1. The van der Waals surface area contributed by atoms with Gasteiger partial charge in [-0.2, -0.15) is 0 Å². The smallest absolute Gasteiger partial charge is 0.0600 e. The Morgan fingerprint density at radius 2 is 2.05 bits per heavy atom. The van der Waals surface area contributed by atoms with Gasteiger partial charge in [0.05, 0.1) is 11.9 Å². The van der Waals surface area contributed by atoms with Gasteiger partial charge in [0.15, 0.2) is 0 Å². The summed E-state index contributed by atoms with van der Waals surface area (Å²) in [6, 6.07) is 2.89. The van der Waals surface area contributed by atoms with Gasteiger partial charge in [-0.25, -0.2) is 0 Å². The van der Waals surface area contributed by atoms with E-state index in [1.54, 1.807) is 0 Å². The monoisotopic (exact) mass is 275 g/mol. The first-order valence-corrected chi connectivity index (χ1v) is 7.81. The summed E-state index contributed by atoms with van der Waals surface area (Å²) < 4.78 is 0. The van der Waals surface area contributed by atoms with Crippen LogP contribution in [0, 0.1) is 5.92 Å². The first-order valence-electron chi connectivity index (χ1n) is 7.81. The van der Waals surface area contributed by atoms with Gasteiger partial charge in [-0.1, -0.05) is 13.8 Å². The van der Waals surface area contributed by atoms with Gasteiger partial charge in [0.1, 0.15) is 0 Å². The maximum absolute atomic E-state index is 4.36. The molecule has 0 saturated heterocycles. The van der Waals surface area contributed by atoms with Gasteiger partial charge in [-0.15, -0.1) is 0 Å². The molecule has 1 N–H and O–H groups in total. The van der Waals surface area contributed by atoms with Gasteiger partial charge in [0, 0.05) is 30.9 Å². The van der Waals surface area contributed by atoms with Gasteiger partial charge in [0.2, 0.25) is 0 Å². The van der Waals surface area contributed by atoms with Crippen LogP contribution in [0.5, 0.6) is 0 Å². The van der Waals surface area contributed by atoms with E-state index in [0.29, 0.717) is 5.92 Å². The Morgan fingerprint density at radius 1 is 1.35 bits per heavy atom. The van der Waals surface area contributed by atoms with Crippen LogP contribution in [0.15, 0.2) is 18.5 Å². The van der Waals surface area contributed by atoms with Gasteiger partial charge < -0.3 is 10.2 Å². The highest BCUT2D eigenvalue weighted by Crippen LogP contribution is 2.33. The molecular formula is C17H29N3. The zero-order chi connectivity index (χ0) is 14.8. The van der Waals surface area contributed by atoms with Crippen molar-refractivity contribution in [1.29, 1.82) is 0 Å². The first-order chi connectivity index (χ1) is 9.37. The average Bonchev–Trinajstić information content (AvgIpc) is 3.17. The van der Waals surface area contributed by atoms with Crippen molar-refractivity contribution >= 4 is 5.69 Å². The summed E-state index contributed by atoms with van der Waals surface area (Å²) in [6.07, 6.45) is 6.60. The van der Waals surface area contributed by atoms with Crippen LogP contribution >= 0.6 is 0 Å². The van der Waals surface area contributed by atoms with E-state index in [9.17, 15) is 0 Å². The molecule has 0 bridgehead atoms. The summed E-state index contributed by atoms with van der Waals surface area (Å²) in [5, 5.41) is 3.59. The van der Waals surface area contributed by atoms with Crippen LogP contribution in [0.2, 0.25) is 0 Å². The average molecular weight is 275 g/mol. The maximum Gasteiger partial charge on any atom is 0.0600 e. The third-order valence-corrected chi connectivity index (χ3v) is 3.56. The molecule has 1 saturated carbocycles. The zero-order valence-electron chi connectivity index (χ0n) is 13.6. The Bertz CT molecular complexity index is 430. The topological polar surface area (TPSA) is 28.2 Å². The van der Waals surface area contributed by atoms with Crippen molar-refractivity contribution in [3.05, 3.63) is 24.0 Å². The molecule has 3 nitrogen and oxygen atoms in total. The Morgan fingerprint density at radius 3 is 2.60 bits per heavy atom. The first kappa shape index (κ1) is 15.3. The Kier molecular flexibility index (Phi) is 4.69. The van der Waals surface area contributed by atoms with E-state index in [1.165, 1.54) is 24.1 Å². The quantitative estimate of drug-likeness (QED) is 0.860. The molecule has 1 aliphatic rings. The minimum absolute atomic E-state index is 0.142. The molecule has 1 aromatic heterocycles. The molecule has 0 unspecified atom stereocenters. The van der Waals surface area contributed by atoms with E-state index in [2.05, 4.69) is 55.9 Å². The molecule has 0 radical (unpaired) electrons. The fraction of sp³-hybridized carbons (Fsp3) is 0.706. The molecule has 20 heavy (non-hydrogen) atoms. The fourth-order valence-corrected chi connectivity index (χ4v) is 2.41. The lowest BCUT2D eigenvalue weighted by atomic mass is 10.1. The zero-order valence-corrected chi connectivity index (χ0v) is 13.6. The second-order valence-corrected chi connectivity index (χ2v) is 7.39. The summed E-state index contributed by atoms with van der Waals surface area (Å²) in [5.41, 5.74) is 2.83. The summed E-state index contributed by atoms with van der Waals surface area (Å²) >= 11 is 0.